The number of benzene rings is 1. The van der Waals surface area contributed by atoms with Crippen molar-refractivity contribution >= 4 is 21.8 Å². The number of carbonyl (C=O) groups is 1. The average molecular weight is 312 g/mol. The van der Waals surface area contributed by atoms with E-state index in [9.17, 15) is 9.90 Å². The summed E-state index contributed by atoms with van der Waals surface area (Å²) in [5.41, 5.74) is 0.628. The molecule has 4 nitrogen and oxygen atoms in total. The Balaban J connectivity index is 2.69. The van der Waals surface area contributed by atoms with E-state index in [4.69, 9.17) is 11.2 Å². The van der Waals surface area contributed by atoms with Gasteiger partial charge in [0.2, 0.25) is 0 Å². The van der Waals surface area contributed by atoms with Gasteiger partial charge in [-0.15, -0.1) is 6.42 Å². The highest BCUT2D eigenvalue weighted by Crippen LogP contribution is 2.28. The fourth-order valence-corrected chi connectivity index (χ4v) is 1.66. The number of ether oxygens (including phenoxy) is 1. The Morgan fingerprint density at radius 2 is 2.39 bits per heavy atom. The first-order valence-corrected chi connectivity index (χ1v) is 6.14. The Bertz CT molecular complexity index is 466. The molecule has 0 fully saturated rings. The van der Waals surface area contributed by atoms with Crippen molar-refractivity contribution in [3.8, 4) is 18.1 Å². The van der Waals surface area contributed by atoms with E-state index in [-0.39, 0.29) is 19.1 Å². The highest BCUT2D eigenvalue weighted by atomic mass is 79.9. The van der Waals surface area contributed by atoms with Crippen LogP contribution in [0.3, 0.4) is 0 Å². The van der Waals surface area contributed by atoms with Gasteiger partial charge in [0.1, 0.15) is 5.75 Å². The predicted molar refractivity (Wildman–Crippen MR) is 72.1 cm³/mol. The SMILES string of the molecule is C#CCNC(=O)COc1cc(Br)ccc1[C@H](C)O. The molecule has 1 rings (SSSR count). The summed E-state index contributed by atoms with van der Waals surface area (Å²) >= 11 is 3.31. The van der Waals surface area contributed by atoms with Crippen LogP contribution in [0.1, 0.15) is 18.6 Å². The Hall–Kier alpha value is -1.51. The van der Waals surface area contributed by atoms with Crippen molar-refractivity contribution in [2.45, 2.75) is 13.0 Å². The molecular formula is C13H14BrNO3. The summed E-state index contributed by atoms with van der Waals surface area (Å²) in [4.78, 5) is 11.3. The zero-order valence-electron chi connectivity index (χ0n) is 9.94. The van der Waals surface area contributed by atoms with E-state index in [2.05, 4.69) is 27.2 Å². The van der Waals surface area contributed by atoms with E-state index in [1.807, 2.05) is 0 Å². The molecule has 1 aromatic rings. The smallest absolute Gasteiger partial charge is 0.258 e. The van der Waals surface area contributed by atoms with Gasteiger partial charge < -0.3 is 15.2 Å². The molecule has 1 atom stereocenters. The van der Waals surface area contributed by atoms with Crippen molar-refractivity contribution in [1.82, 2.24) is 5.32 Å². The van der Waals surface area contributed by atoms with Gasteiger partial charge in [-0.3, -0.25) is 4.79 Å². The maximum absolute atomic E-state index is 11.3. The summed E-state index contributed by atoms with van der Waals surface area (Å²) in [6, 6.07) is 5.24. The number of aliphatic hydroxyl groups is 1. The Morgan fingerprint density at radius 1 is 1.67 bits per heavy atom. The Labute approximate surface area is 114 Å². The van der Waals surface area contributed by atoms with Crippen molar-refractivity contribution in [3.63, 3.8) is 0 Å². The molecule has 0 unspecified atom stereocenters. The third kappa shape index (κ3) is 4.40. The van der Waals surface area contributed by atoms with Gasteiger partial charge in [0.25, 0.3) is 5.91 Å². The van der Waals surface area contributed by atoms with Crippen LogP contribution in [0, 0.1) is 12.3 Å². The number of rotatable bonds is 5. The second-order valence-corrected chi connectivity index (χ2v) is 4.54. The van der Waals surface area contributed by atoms with E-state index in [1.165, 1.54) is 0 Å². The van der Waals surface area contributed by atoms with Gasteiger partial charge in [0, 0.05) is 10.0 Å². The van der Waals surface area contributed by atoms with E-state index < -0.39 is 6.10 Å². The molecule has 0 aliphatic rings. The molecule has 1 amide bonds. The van der Waals surface area contributed by atoms with Crippen LogP contribution in [0.5, 0.6) is 5.75 Å². The minimum absolute atomic E-state index is 0.141. The molecule has 2 N–H and O–H groups in total. The molecule has 5 heteroatoms. The van der Waals surface area contributed by atoms with Crippen LogP contribution in [-0.4, -0.2) is 24.2 Å². The van der Waals surface area contributed by atoms with E-state index >= 15 is 0 Å². The number of hydrogen-bond acceptors (Lipinski definition) is 3. The normalized spacial score (nSPS) is 11.4. The summed E-state index contributed by atoms with van der Waals surface area (Å²) in [6.45, 7) is 1.66. The molecular weight excluding hydrogens is 298 g/mol. The minimum Gasteiger partial charge on any atom is -0.483 e. The lowest BCUT2D eigenvalue weighted by Gasteiger charge is -2.13. The first-order valence-electron chi connectivity index (χ1n) is 5.35. The van der Waals surface area contributed by atoms with E-state index in [0.29, 0.717) is 11.3 Å². The van der Waals surface area contributed by atoms with Crippen LogP contribution in [0.4, 0.5) is 0 Å². The van der Waals surface area contributed by atoms with Crippen LogP contribution in [0.2, 0.25) is 0 Å². The number of amides is 1. The van der Waals surface area contributed by atoms with Crippen molar-refractivity contribution < 1.29 is 14.6 Å². The molecule has 0 radical (unpaired) electrons. The lowest BCUT2D eigenvalue weighted by Crippen LogP contribution is -2.29. The number of nitrogens with one attached hydrogen (secondary N) is 1. The van der Waals surface area contributed by atoms with Gasteiger partial charge in [-0.25, -0.2) is 0 Å². The first-order chi connectivity index (χ1) is 8.54. The predicted octanol–water partition coefficient (Wildman–Crippen LogP) is 1.63. The highest BCUT2D eigenvalue weighted by molar-refractivity contribution is 9.10. The molecule has 0 aromatic heterocycles. The van der Waals surface area contributed by atoms with Crippen LogP contribution in [-0.2, 0) is 4.79 Å². The first kappa shape index (κ1) is 14.6. The monoisotopic (exact) mass is 311 g/mol. The van der Waals surface area contributed by atoms with Crippen LogP contribution in [0.25, 0.3) is 0 Å². The second-order valence-electron chi connectivity index (χ2n) is 3.63. The van der Waals surface area contributed by atoms with Gasteiger partial charge in [-0.2, -0.15) is 0 Å². The molecule has 18 heavy (non-hydrogen) atoms. The summed E-state index contributed by atoms with van der Waals surface area (Å²) in [5, 5.41) is 12.1. The van der Waals surface area contributed by atoms with Gasteiger partial charge in [-0.05, 0) is 19.1 Å². The summed E-state index contributed by atoms with van der Waals surface area (Å²) in [7, 11) is 0. The van der Waals surface area contributed by atoms with Gasteiger partial charge in [0.15, 0.2) is 6.61 Å². The molecule has 1 aromatic carbocycles. The maximum atomic E-state index is 11.3. The second kappa shape index (κ2) is 7.04. The van der Waals surface area contributed by atoms with Crippen LogP contribution < -0.4 is 10.1 Å². The van der Waals surface area contributed by atoms with E-state index in [0.717, 1.165) is 4.47 Å². The average Bonchev–Trinajstić information content (AvgIpc) is 2.33. The highest BCUT2D eigenvalue weighted by Gasteiger charge is 2.11. The maximum Gasteiger partial charge on any atom is 0.258 e. The number of hydrogen-bond donors (Lipinski definition) is 2. The van der Waals surface area contributed by atoms with Crippen molar-refractivity contribution in [1.29, 1.82) is 0 Å². The van der Waals surface area contributed by atoms with Gasteiger partial charge >= 0.3 is 0 Å². The molecule has 0 saturated heterocycles. The van der Waals surface area contributed by atoms with Gasteiger partial charge in [0.05, 0.1) is 12.6 Å². The van der Waals surface area contributed by atoms with Crippen molar-refractivity contribution in [3.05, 3.63) is 28.2 Å². The fourth-order valence-electron chi connectivity index (χ4n) is 1.32. The third-order valence-corrected chi connectivity index (χ3v) is 2.67. The number of aliphatic hydroxyl groups excluding tert-OH is 1. The quantitative estimate of drug-likeness (QED) is 0.813. The fraction of sp³-hybridized carbons (Fsp3) is 0.308. The minimum atomic E-state index is -0.665. The number of terminal acetylenes is 1. The lowest BCUT2D eigenvalue weighted by atomic mass is 10.1. The molecule has 0 saturated carbocycles. The topological polar surface area (TPSA) is 58.6 Å². The molecule has 0 aliphatic carbocycles. The van der Waals surface area contributed by atoms with Crippen molar-refractivity contribution in [2.24, 2.45) is 0 Å². The molecule has 0 heterocycles. The Kier molecular flexibility index (Phi) is 5.69. The summed E-state index contributed by atoms with van der Waals surface area (Å²) in [6.07, 6.45) is 4.36. The van der Waals surface area contributed by atoms with Crippen molar-refractivity contribution in [2.75, 3.05) is 13.2 Å². The number of halogens is 1. The Morgan fingerprint density at radius 3 is 3.00 bits per heavy atom. The van der Waals surface area contributed by atoms with Gasteiger partial charge in [-0.1, -0.05) is 27.9 Å². The summed E-state index contributed by atoms with van der Waals surface area (Å²) < 4.78 is 6.18. The largest absolute Gasteiger partial charge is 0.483 e. The standard InChI is InChI=1S/C13H14BrNO3/c1-3-6-15-13(17)8-18-12-7-10(14)4-5-11(12)9(2)16/h1,4-5,7,9,16H,6,8H2,2H3,(H,15,17)/t9-/m0/s1. The number of carbonyl (C=O) groups excluding carboxylic acids is 1. The lowest BCUT2D eigenvalue weighted by molar-refractivity contribution is -0.122. The zero-order valence-corrected chi connectivity index (χ0v) is 11.5. The van der Waals surface area contributed by atoms with Crippen LogP contribution >= 0.6 is 15.9 Å². The molecule has 0 aliphatic heterocycles. The molecule has 0 bridgehead atoms. The summed E-state index contributed by atoms with van der Waals surface area (Å²) in [5.74, 6) is 2.47. The van der Waals surface area contributed by atoms with Crippen LogP contribution in [0.15, 0.2) is 22.7 Å². The molecule has 96 valence electrons. The molecule has 0 spiro atoms. The zero-order chi connectivity index (χ0) is 13.5. The van der Waals surface area contributed by atoms with E-state index in [1.54, 1.807) is 25.1 Å². The third-order valence-electron chi connectivity index (χ3n) is 2.17.